The van der Waals surface area contributed by atoms with Crippen LogP contribution >= 0.6 is 0 Å². The van der Waals surface area contributed by atoms with Gasteiger partial charge in [-0.3, -0.25) is 14.4 Å². The molecule has 0 bridgehead atoms. The van der Waals surface area contributed by atoms with Crippen molar-refractivity contribution in [3.63, 3.8) is 0 Å². The number of nitrogens with one attached hydrogen (secondary N) is 4. The van der Waals surface area contributed by atoms with Crippen LogP contribution in [0, 0.1) is 17.8 Å². The summed E-state index contributed by atoms with van der Waals surface area (Å²) in [6, 6.07) is 8.53. The Balaban J connectivity index is 1.86. The number of carbonyl (C=O) groups excluding carboxylic acids is 3. The Labute approximate surface area is 203 Å². The molecular weight excluding hydrogens is 428 g/mol. The van der Waals surface area contributed by atoms with E-state index in [0.29, 0.717) is 57.5 Å². The van der Waals surface area contributed by atoms with Crippen molar-refractivity contribution in [2.75, 3.05) is 13.1 Å². The van der Waals surface area contributed by atoms with Gasteiger partial charge < -0.3 is 21.3 Å². The van der Waals surface area contributed by atoms with Gasteiger partial charge in [0.15, 0.2) is 0 Å². The summed E-state index contributed by atoms with van der Waals surface area (Å²) < 4.78 is 0. The molecule has 7 nitrogen and oxygen atoms in total. The molecule has 2 atom stereocenters. The first-order chi connectivity index (χ1) is 16.4. The number of rotatable bonds is 4. The van der Waals surface area contributed by atoms with E-state index in [9.17, 15) is 14.4 Å². The van der Waals surface area contributed by atoms with Crippen LogP contribution in [0.2, 0.25) is 0 Å². The van der Waals surface area contributed by atoms with Crippen LogP contribution in [0.1, 0.15) is 64.4 Å². The summed E-state index contributed by atoms with van der Waals surface area (Å²) in [6.45, 7) is 5.19. The van der Waals surface area contributed by atoms with Gasteiger partial charge in [0, 0.05) is 32.4 Å². The van der Waals surface area contributed by atoms with E-state index in [1.54, 1.807) is 0 Å². The minimum absolute atomic E-state index is 0.158. The quantitative estimate of drug-likeness (QED) is 0.511. The van der Waals surface area contributed by atoms with Crippen LogP contribution in [-0.2, 0) is 20.8 Å². The fourth-order valence-electron chi connectivity index (χ4n) is 4.68. The maximum atomic E-state index is 13.6. The van der Waals surface area contributed by atoms with Crippen molar-refractivity contribution in [1.29, 1.82) is 0 Å². The average Bonchev–Trinajstić information content (AvgIpc) is 3.29. The Morgan fingerprint density at radius 2 is 1.62 bits per heavy atom. The molecule has 2 aliphatic rings. The summed E-state index contributed by atoms with van der Waals surface area (Å²) in [5, 5.41) is 12.3. The highest BCUT2D eigenvalue weighted by Gasteiger charge is 2.44. The molecule has 1 fully saturated rings. The van der Waals surface area contributed by atoms with Crippen molar-refractivity contribution in [2.45, 2.75) is 82.8 Å². The Bertz CT molecular complexity index is 897. The topological polar surface area (TPSA) is 99.3 Å². The van der Waals surface area contributed by atoms with Gasteiger partial charge in [0.1, 0.15) is 11.6 Å². The summed E-state index contributed by atoms with van der Waals surface area (Å²) in [4.78, 5) is 39.9. The third kappa shape index (κ3) is 7.33. The lowest BCUT2D eigenvalue weighted by molar-refractivity contribution is -0.136. The second kappa shape index (κ2) is 12.6. The Morgan fingerprint density at radius 1 is 0.941 bits per heavy atom. The lowest BCUT2D eigenvalue weighted by Crippen LogP contribution is -2.63. The molecule has 0 radical (unpaired) electrons. The van der Waals surface area contributed by atoms with E-state index in [1.807, 2.05) is 30.3 Å². The van der Waals surface area contributed by atoms with Gasteiger partial charge in [0.25, 0.3) is 0 Å². The van der Waals surface area contributed by atoms with E-state index in [2.05, 4.69) is 47.0 Å². The maximum absolute atomic E-state index is 13.6. The molecule has 0 unspecified atom stereocenters. The van der Waals surface area contributed by atoms with E-state index < -0.39 is 11.6 Å². The molecule has 4 N–H and O–H groups in total. The van der Waals surface area contributed by atoms with Crippen LogP contribution in [0.4, 0.5) is 0 Å². The van der Waals surface area contributed by atoms with Crippen LogP contribution in [0.25, 0.3) is 0 Å². The predicted octanol–water partition coefficient (Wildman–Crippen LogP) is 2.06. The van der Waals surface area contributed by atoms with Crippen LogP contribution in [0.15, 0.2) is 30.3 Å². The molecule has 34 heavy (non-hydrogen) atoms. The lowest BCUT2D eigenvalue weighted by atomic mass is 9.93. The lowest BCUT2D eigenvalue weighted by Gasteiger charge is -2.33. The van der Waals surface area contributed by atoms with Gasteiger partial charge in [-0.1, -0.05) is 57.0 Å². The van der Waals surface area contributed by atoms with Gasteiger partial charge in [-0.2, -0.15) is 0 Å². The number of hydrogen-bond donors (Lipinski definition) is 4. The molecule has 7 heteroatoms. The standard InChI is InChI=1S/C27H38N4O3/c1-20(2)18-22-25(33)31-27(14-8-9-15-27)26(34)30-23(19-21-12-6-5-7-13-21)24(32)29-17-11-4-3-10-16-28-22/h5-7,12-13,20,22-23,28H,8-11,14-19H2,1-2H3,(H,29,32)(H,30,34)(H,31,33)/t22-,23-/m0/s1. The molecule has 0 saturated heterocycles. The summed E-state index contributed by atoms with van der Waals surface area (Å²) >= 11 is 0. The van der Waals surface area contributed by atoms with E-state index in [-0.39, 0.29) is 23.8 Å². The van der Waals surface area contributed by atoms with E-state index in [4.69, 9.17) is 0 Å². The zero-order valence-electron chi connectivity index (χ0n) is 20.4. The maximum Gasteiger partial charge on any atom is 0.246 e. The smallest absolute Gasteiger partial charge is 0.246 e. The minimum atomic E-state index is -0.986. The van der Waals surface area contributed by atoms with Gasteiger partial charge in [-0.05, 0) is 30.7 Å². The number of amides is 3. The molecule has 3 amide bonds. The van der Waals surface area contributed by atoms with Crippen LogP contribution in [0.3, 0.4) is 0 Å². The average molecular weight is 467 g/mol. The highest BCUT2D eigenvalue weighted by molar-refractivity contribution is 5.96. The van der Waals surface area contributed by atoms with E-state index in [1.165, 1.54) is 0 Å². The largest absolute Gasteiger partial charge is 0.353 e. The van der Waals surface area contributed by atoms with Crippen molar-refractivity contribution < 1.29 is 14.4 Å². The van der Waals surface area contributed by atoms with Gasteiger partial charge >= 0.3 is 0 Å². The molecule has 0 aromatic heterocycles. The Morgan fingerprint density at radius 3 is 2.29 bits per heavy atom. The van der Waals surface area contributed by atoms with Crippen molar-refractivity contribution in [2.24, 2.45) is 5.92 Å². The highest BCUT2D eigenvalue weighted by atomic mass is 16.2. The van der Waals surface area contributed by atoms with Crippen molar-refractivity contribution in [3.8, 4) is 11.8 Å². The monoisotopic (exact) mass is 466 g/mol. The zero-order valence-corrected chi connectivity index (χ0v) is 20.4. The molecular formula is C27H38N4O3. The fourth-order valence-corrected chi connectivity index (χ4v) is 4.68. The van der Waals surface area contributed by atoms with Crippen LogP contribution in [0.5, 0.6) is 0 Å². The molecule has 184 valence electrons. The molecule has 1 heterocycles. The number of benzene rings is 1. The van der Waals surface area contributed by atoms with Crippen LogP contribution < -0.4 is 21.3 Å². The SMILES string of the molecule is CC(C)C[C@@H]1NCCC#CCCNC(=O)[C@H](Cc2ccccc2)NC(=O)C2(CCCC2)NC1=O. The van der Waals surface area contributed by atoms with Crippen molar-refractivity contribution in [1.82, 2.24) is 21.3 Å². The second-order valence-corrected chi connectivity index (χ2v) is 9.78. The highest BCUT2D eigenvalue weighted by Crippen LogP contribution is 2.30. The summed E-state index contributed by atoms with van der Waals surface area (Å²) in [5.41, 5.74) is -0.0251. The molecule has 1 saturated carbocycles. The normalized spacial score (nSPS) is 24.1. The Hall–Kier alpha value is -2.85. The second-order valence-electron chi connectivity index (χ2n) is 9.78. The summed E-state index contributed by atoms with van der Waals surface area (Å²) in [7, 11) is 0. The van der Waals surface area contributed by atoms with E-state index >= 15 is 0 Å². The van der Waals surface area contributed by atoms with Crippen molar-refractivity contribution in [3.05, 3.63) is 35.9 Å². The number of hydrogen-bond acceptors (Lipinski definition) is 4. The Kier molecular flexibility index (Phi) is 9.52. The summed E-state index contributed by atoms with van der Waals surface area (Å²) in [5.74, 6) is 5.85. The molecule has 1 aromatic carbocycles. The first-order valence-corrected chi connectivity index (χ1v) is 12.5. The molecule has 1 spiro atoms. The first kappa shape index (κ1) is 25.8. The zero-order chi connectivity index (χ0) is 24.4. The first-order valence-electron chi connectivity index (χ1n) is 12.5. The van der Waals surface area contributed by atoms with Gasteiger partial charge in [-0.15, -0.1) is 11.8 Å². The molecule has 3 rings (SSSR count). The fraction of sp³-hybridized carbons (Fsp3) is 0.593. The third-order valence-electron chi connectivity index (χ3n) is 6.50. The molecule has 1 aromatic rings. The summed E-state index contributed by atoms with van der Waals surface area (Å²) in [6.07, 6.45) is 5.09. The van der Waals surface area contributed by atoms with E-state index in [0.717, 1.165) is 18.4 Å². The third-order valence-corrected chi connectivity index (χ3v) is 6.50. The minimum Gasteiger partial charge on any atom is -0.353 e. The molecule has 1 aliphatic heterocycles. The van der Waals surface area contributed by atoms with Gasteiger partial charge in [-0.25, -0.2) is 0 Å². The van der Waals surface area contributed by atoms with Crippen molar-refractivity contribution >= 4 is 17.7 Å². The number of carbonyl (C=O) groups is 3. The predicted molar refractivity (Wildman–Crippen MR) is 133 cm³/mol. The van der Waals surface area contributed by atoms with Gasteiger partial charge in [0.2, 0.25) is 17.7 Å². The van der Waals surface area contributed by atoms with Gasteiger partial charge in [0.05, 0.1) is 6.04 Å². The molecule has 1 aliphatic carbocycles. The van der Waals surface area contributed by atoms with Crippen LogP contribution in [-0.4, -0.2) is 48.4 Å².